The van der Waals surface area contributed by atoms with Crippen LogP contribution in [0, 0.1) is 12.8 Å². The Kier molecular flexibility index (Phi) is 6.63. The van der Waals surface area contributed by atoms with Gasteiger partial charge in [0.15, 0.2) is 0 Å². The highest BCUT2D eigenvalue weighted by molar-refractivity contribution is 7.97. The van der Waals surface area contributed by atoms with Crippen molar-refractivity contribution in [3.63, 3.8) is 0 Å². The number of aryl methyl sites for hydroxylation is 1. The maximum atomic E-state index is 5.58. The van der Waals surface area contributed by atoms with Gasteiger partial charge in [-0.3, -0.25) is 0 Å². The molecular weight excluding hydrogens is 228 g/mol. The van der Waals surface area contributed by atoms with Crippen LogP contribution in [0.1, 0.15) is 25.8 Å². The first-order valence-electron chi connectivity index (χ1n) is 6.31. The van der Waals surface area contributed by atoms with E-state index in [1.807, 2.05) is 11.9 Å². The Morgan fingerprint density at radius 1 is 1.24 bits per heavy atom. The van der Waals surface area contributed by atoms with E-state index in [-0.39, 0.29) is 0 Å². The van der Waals surface area contributed by atoms with Gasteiger partial charge in [-0.05, 0) is 49.9 Å². The van der Waals surface area contributed by atoms with E-state index in [2.05, 4.69) is 49.3 Å². The van der Waals surface area contributed by atoms with Crippen molar-refractivity contribution >= 4 is 11.9 Å². The SMILES string of the molecule is Cc1ccc(SN(CCCN)CC(C)C)cc1. The van der Waals surface area contributed by atoms with Crippen molar-refractivity contribution in [2.75, 3.05) is 19.6 Å². The van der Waals surface area contributed by atoms with E-state index >= 15 is 0 Å². The molecule has 0 aromatic heterocycles. The van der Waals surface area contributed by atoms with E-state index in [9.17, 15) is 0 Å². The highest BCUT2D eigenvalue weighted by Crippen LogP contribution is 2.24. The van der Waals surface area contributed by atoms with Crippen LogP contribution < -0.4 is 5.73 Å². The molecule has 96 valence electrons. The fraction of sp³-hybridized carbons (Fsp3) is 0.571. The lowest BCUT2D eigenvalue weighted by molar-refractivity contribution is 0.402. The highest BCUT2D eigenvalue weighted by Gasteiger charge is 2.08. The molecule has 0 saturated carbocycles. The summed E-state index contributed by atoms with van der Waals surface area (Å²) in [5, 5.41) is 0. The molecule has 1 aromatic rings. The minimum Gasteiger partial charge on any atom is -0.330 e. The summed E-state index contributed by atoms with van der Waals surface area (Å²) in [6.07, 6.45) is 1.06. The summed E-state index contributed by atoms with van der Waals surface area (Å²) in [5.74, 6) is 0.686. The van der Waals surface area contributed by atoms with Crippen LogP contribution in [0.5, 0.6) is 0 Å². The van der Waals surface area contributed by atoms with Gasteiger partial charge in [0.2, 0.25) is 0 Å². The molecule has 0 saturated heterocycles. The first-order chi connectivity index (χ1) is 8.11. The monoisotopic (exact) mass is 252 g/mol. The van der Waals surface area contributed by atoms with E-state index in [0.717, 1.165) is 26.1 Å². The molecule has 0 radical (unpaired) electrons. The molecule has 17 heavy (non-hydrogen) atoms. The second-order valence-electron chi connectivity index (χ2n) is 4.83. The van der Waals surface area contributed by atoms with Crippen LogP contribution >= 0.6 is 11.9 Å². The number of hydrogen-bond donors (Lipinski definition) is 1. The minimum absolute atomic E-state index is 0.686. The average Bonchev–Trinajstić information content (AvgIpc) is 2.28. The third-order valence-electron chi connectivity index (χ3n) is 2.44. The summed E-state index contributed by atoms with van der Waals surface area (Å²) >= 11 is 1.84. The molecule has 1 aromatic carbocycles. The molecule has 0 aliphatic carbocycles. The number of nitrogens with zero attached hydrogens (tertiary/aromatic N) is 1. The second kappa shape index (κ2) is 7.75. The molecular formula is C14H24N2S. The van der Waals surface area contributed by atoms with Crippen LogP contribution in [0.3, 0.4) is 0 Å². The van der Waals surface area contributed by atoms with Gasteiger partial charge in [-0.1, -0.05) is 31.5 Å². The van der Waals surface area contributed by atoms with Gasteiger partial charge < -0.3 is 5.73 Å². The van der Waals surface area contributed by atoms with Crippen LogP contribution in [-0.2, 0) is 0 Å². The molecule has 0 heterocycles. The summed E-state index contributed by atoms with van der Waals surface area (Å²) in [7, 11) is 0. The zero-order valence-electron chi connectivity index (χ0n) is 11.1. The fourth-order valence-electron chi connectivity index (χ4n) is 1.60. The summed E-state index contributed by atoms with van der Waals surface area (Å²) in [6, 6.07) is 8.71. The maximum absolute atomic E-state index is 5.58. The summed E-state index contributed by atoms with van der Waals surface area (Å²) in [5.41, 5.74) is 6.90. The van der Waals surface area contributed by atoms with Crippen LogP contribution in [0.15, 0.2) is 29.2 Å². The molecule has 0 spiro atoms. The van der Waals surface area contributed by atoms with Crippen LogP contribution in [-0.4, -0.2) is 23.9 Å². The topological polar surface area (TPSA) is 29.3 Å². The van der Waals surface area contributed by atoms with Gasteiger partial charge in [0.25, 0.3) is 0 Å². The van der Waals surface area contributed by atoms with Gasteiger partial charge in [0.05, 0.1) is 0 Å². The standard InChI is InChI=1S/C14H24N2S/c1-12(2)11-16(10-4-9-15)17-14-7-5-13(3)6-8-14/h5-8,12H,4,9-11,15H2,1-3H3. The van der Waals surface area contributed by atoms with Crippen molar-refractivity contribution in [1.29, 1.82) is 0 Å². The minimum atomic E-state index is 0.686. The number of benzene rings is 1. The maximum Gasteiger partial charge on any atom is 0.0230 e. The zero-order valence-corrected chi connectivity index (χ0v) is 12.0. The number of nitrogens with two attached hydrogens (primary N) is 1. The zero-order chi connectivity index (χ0) is 12.7. The first-order valence-corrected chi connectivity index (χ1v) is 7.09. The molecule has 3 heteroatoms. The van der Waals surface area contributed by atoms with E-state index < -0.39 is 0 Å². The Hall–Kier alpha value is -0.510. The van der Waals surface area contributed by atoms with Gasteiger partial charge in [-0.2, -0.15) is 0 Å². The lowest BCUT2D eigenvalue weighted by Crippen LogP contribution is -2.23. The van der Waals surface area contributed by atoms with Crippen LogP contribution in [0.2, 0.25) is 0 Å². The Morgan fingerprint density at radius 3 is 2.41 bits per heavy atom. The van der Waals surface area contributed by atoms with E-state index in [4.69, 9.17) is 5.73 Å². The molecule has 0 amide bonds. The van der Waals surface area contributed by atoms with Crippen molar-refractivity contribution in [1.82, 2.24) is 4.31 Å². The third kappa shape index (κ3) is 6.10. The van der Waals surface area contributed by atoms with Gasteiger partial charge in [-0.15, -0.1) is 0 Å². The second-order valence-corrected chi connectivity index (χ2v) is 6.00. The molecule has 1 rings (SSSR count). The molecule has 0 fully saturated rings. The van der Waals surface area contributed by atoms with Crippen molar-refractivity contribution in [3.05, 3.63) is 29.8 Å². The number of rotatable bonds is 7. The van der Waals surface area contributed by atoms with Crippen molar-refractivity contribution in [2.45, 2.75) is 32.1 Å². The largest absolute Gasteiger partial charge is 0.330 e. The first kappa shape index (κ1) is 14.6. The fourth-order valence-corrected chi connectivity index (χ4v) is 2.75. The molecule has 0 atom stereocenters. The predicted octanol–water partition coefficient (Wildman–Crippen LogP) is 3.31. The molecule has 0 unspecified atom stereocenters. The normalized spacial score (nSPS) is 11.4. The molecule has 2 N–H and O–H groups in total. The lowest BCUT2D eigenvalue weighted by Gasteiger charge is -2.22. The summed E-state index contributed by atoms with van der Waals surface area (Å²) in [6.45, 7) is 9.57. The quantitative estimate of drug-likeness (QED) is 0.755. The Balaban J connectivity index is 2.54. The third-order valence-corrected chi connectivity index (χ3v) is 3.51. The Morgan fingerprint density at radius 2 is 1.88 bits per heavy atom. The Labute approximate surface area is 110 Å². The van der Waals surface area contributed by atoms with Crippen LogP contribution in [0.25, 0.3) is 0 Å². The van der Waals surface area contributed by atoms with Gasteiger partial charge in [0.1, 0.15) is 0 Å². The lowest BCUT2D eigenvalue weighted by atomic mass is 10.2. The summed E-state index contributed by atoms with van der Waals surface area (Å²) in [4.78, 5) is 1.31. The van der Waals surface area contributed by atoms with E-state index in [1.165, 1.54) is 10.5 Å². The molecule has 2 nitrogen and oxygen atoms in total. The van der Waals surface area contributed by atoms with Crippen LogP contribution in [0.4, 0.5) is 0 Å². The molecule has 0 aliphatic heterocycles. The van der Waals surface area contributed by atoms with Gasteiger partial charge in [-0.25, -0.2) is 4.31 Å². The average molecular weight is 252 g/mol. The molecule has 0 aliphatic rings. The smallest absolute Gasteiger partial charge is 0.0230 e. The van der Waals surface area contributed by atoms with Gasteiger partial charge in [0, 0.05) is 18.0 Å². The van der Waals surface area contributed by atoms with Crippen molar-refractivity contribution in [2.24, 2.45) is 11.7 Å². The van der Waals surface area contributed by atoms with Gasteiger partial charge >= 0.3 is 0 Å². The van der Waals surface area contributed by atoms with E-state index in [1.54, 1.807) is 0 Å². The van der Waals surface area contributed by atoms with E-state index in [0.29, 0.717) is 5.92 Å². The molecule has 0 bridgehead atoms. The summed E-state index contributed by atoms with van der Waals surface area (Å²) < 4.78 is 2.42. The Bertz CT molecular complexity index is 309. The predicted molar refractivity (Wildman–Crippen MR) is 77.1 cm³/mol. The van der Waals surface area contributed by atoms with Crippen molar-refractivity contribution < 1.29 is 0 Å². The number of hydrogen-bond acceptors (Lipinski definition) is 3. The highest BCUT2D eigenvalue weighted by atomic mass is 32.2. The van der Waals surface area contributed by atoms with Crippen molar-refractivity contribution in [3.8, 4) is 0 Å².